The van der Waals surface area contributed by atoms with Crippen LogP contribution in [0.25, 0.3) is 0 Å². The summed E-state index contributed by atoms with van der Waals surface area (Å²) in [7, 11) is 0. The fourth-order valence-corrected chi connectivity index (χ4v) is 5.78. The zero-order valence-electron chi connectivity index (χ0n) is 22.1. The van der Waals surface area contributed by atoms with Crippen LogP contribution in [0.3, 0.4) is 0 Å². The predicted octanol–water partition coefficient (Wildman–Crippen LogP) is 6.79. The molecule has 0 saturated carbocycles. The van der Waals surface area contributed by atoms with Gasteiger partial charge in [0.05, 0.1) is 29.9 Å². The van der Waals surface area contributed by atoms with Crippen LogP contribution >= 0.6 is 11.3 Å². The Morgan fingerprint density at radius 3 is 2.70 bits per heavy atom. The van der Waals surface area contributed by atoms with Crippen molar-refractivity contribution in [3.8, 4) is 11.5 Å². The number of nitrogens with one attached hydrogen (secondary N) is 1. The third kappa shape index (κ3) is 6.40. The van der Waals surface area contributed by atoms with Crippen molar-refractivity contribution < 1.29 is 23.6 Å². The third-order valence-corrected chi connectivity index (χ3v) is 7.72. The monoisotopic (exact) mass is 559 g/mol. The molecule has 0 aliphatic heterocycles. The van der Waals surface area contributed by atoms with E-state index in [9.17, 15) is 14.9 Å². The average Bonchev–Trinajstić information content (AvgIpc) is 3.62. The van der Waals surface area contributed by atoms with Gasteiger partial charge in [-0.1, -0.05) is 0 Å². The minimum atomic E-state index is -0.431. The number of carbonyl (C=O) groups is 1. The third-order valence-electron chi connectivity index (χ3n) is 6.52. The number of hydrogen-bond acceptors (Lipinski definition) is 8. The lowest BCUT2D eigenvalue weighted by Gasteiger charge is -2.13. The highest BCUT2D eigenvalue weighted by molar-refractivity contribution is 7.16. The number of furan rings is 1. The second-order valence-electron chi connectivity index (χ2n) is 9.26. The van der Waals surface area contributed by atoms with E-state index in [-0.39, 0.29) is 18.2 Å². The predicted molar refractivity (Wildman–Crippen MR) is 153 cm³/mol. The molecule has 1 aliphatic rings. The van der Waals surface area contributed by atoms with Crippen LogP contribution in [0.15, 0.2) is 70.3 Å². The number of carbonyl (C=O) groups excluding carboxylic acids is 1. The SMILES string of the molecule is CCOc1cc(C=Nc2sc3c(c2C(=O)NCc2ccco2)CCCC3)ccc1OCc1ccc([N+](=O)[O-])cc1. The highest BCUT2D eigenvalue weighted by atomic mass is 32.1. The molecule has 2 aromatic heterocycles. The fourth-order valence-electron chi connectivity index (χ4n) is 4.55. The molecular weight excluding hydrogens is 530 g/mol. The van der Waals surface area contributed by atoms with E-state index < -0.39 is 4.92 Å². The summed E-state index contributed by atoms with van der Waals surface area (Å²) < 4.78 is 17.1. The molecule has 0 spiro atoms. The molecule has 10 heteroatoms. The van der Waals surface area contributed by atoms with Crippen molar-refractivity contribution in [2.45, 2.75) is 45.8 Å². The number of ether oxygens (including phenoxy) is 2. The summed E-state index contributed by atoms with van der Waals surface area (Å²) in [6.45, 7) is 2.90. The van der Waals surface area contributed by atoms with Gasteiger partial charge >= 0.3 is 0 Å². The minimum Gasteiger partial charge on any atom is -0.490 e. The number of aryl methyl sites for hydroxylation is 1. The van der Waals surface area contributed by atoms with Crippen LogP contribution in [0.1, 0.15) is 57.5 Å². The quantitative estimate of drug-likeness (QED) is 0.123. The molecular formula is C30H29N3O6S. The van der Waals surface area contributed by atoms with Gasteiger partial charge in [-0.25, -0.2) is 4.99 Å². The van der Waals surface area contributed by atoms with Gasteiger partial charge in [0, 0.05) is 23.2 Å². The number of aliphatic imine (C=N–C) groups is 1. The van der Waals surface area contributed by atoms with Crippen LogP contribution in [-0.2, 0) is 26.0 Å². The molecule has 4 aromatic rings. The number of nitro groups is 1. The number of hydrogen-bond donors (Lipinski definition) is 1. The average molecular weight is 560 g/mol. The topological polar surface area (TPSA) is 116 Å². The summed E-state index contributed by atoms with van der Waals surface area (Å²) in [5.41, 5.74) is 3.39. The van der Waals surface area contributed by atoms with E-state index in [4.69, 9.17) is 18.9 Å². The maximum atomic E-state index is 13.2. The van der Waals surface area contributed by atoms with E-state index in [0.717, 1.165) is 42.4 Å². The molecule has 0 fully saturated rings. The fraction of sp³-hybridized carbons (Fsp3) is 0.267. The van der Waals surface area contributed by atoms with Gasteiger partial charge in [-0.05, 0) is 91.8 Å². The zero-order chi connectivity index (χ0) is 27.9. The number of rotatable bonds is 11. The van der Waals surface area contributed by atoms with Gasteiger partial charge in [0.15, 0.2) is 11.5 Å². The summed E-state index contributed by atoms with van der Waals surface area (Å²) >= 11 is 1.58. The normalized spacial score (nSPS) is 12.7. The highest BCUT2D eigenvalue weighted by Gasteiger charge is 2.25. The van der Waals surface area contributed by atoms with Crippen molar-refractivity contribution in [1.29, 1.82) is 0 Å². The molecule has 5 rings (SSSR count). The Hall–Kier alpha value is -4.44. The smallest absolute Gasteiger partial charge is 0.269 e. The Morgan fingerprint density at radius 1 is 1.12 bits per heavy atom. The molecule has 0 atom stereocenters. The summed E-state index contributed by atoms with van der Waals surface area (Å²) in [5, 5.41) is 14.6. The van der Waals surface area contributed by atoms with Crippen LogP contribution in [0.5, 0.6) is 11.5 Å². The standard InChI is InChI=1S/C30H29N3O6S/c1-2-37-26-16-21(11-14-25(26)39-19-20-9-12-22(13-10-20)33(35)36)17-32-30-28(24-7-3-4-8-27(24)40-30)29(34)31-18-23-6-5-15-38-23/h5-6,9-17H,2-4,7-8,18-19H2,1H3,(H,31,34). The molecule has 1 aliphatic carbocycles. The van der Waals surface area contributed by atoms with Crippen LogP contribution in [0.4, 0.5) is 10.7 Å². The molecule has 2 heterocycles. The lowest BCUT2D eigenvalue weighted by atomic mass is 9.95. The van der Waals surface area contributed by atoms with Gasteiger partial charge in [0.1, 0.15) is 17.4 Å². The van der Waals surface area contributed by atoms with Gasteiger partial charge < -0.3 is 19.2 Å². The van der Waals surface area contributed by atoms with E-state index in [1.165, 1.54) is 17.0 Å². The Kier molecular flexibility index (Phi) is 8.56. The molecule has 0 bridgehead atoms. The maximum Gasteiger partial charge on any atom is 0.269 e. The summed E-state index contributed by atoms with van der Waals surface area (Å²) in [4.78, 5) is 29.7. The molecule has 2 aromatic carbocycles. The number of nitrogens with zero attached hydrogens (tertiary/aromatic N) is 2. The molecule has 40 heavy (non-hydrogen) atoms. The lowest BCUT2D eigenvalue weighted by molar-refractivity contribution is -0.384. The second-order valence-corrected chi connectivity index (χ2v) is 10.3. The van der Waals surface area contributed by atoms with Crippen molar-refractivity contribution in [1.82, 2.24) is 5.32 Å². The molecule has 206 valence electrons. The van der Waals surface area contributed by atoms with E-state index in [1.807, 2.05) is 31.2 Å². The first kappa shape index (κ1) is 27.1. The summed E-state index contributed by atoms with van der Waals surface area (Å²) in [6, 6.07) is 15.4. The van der Waals surface area contributed by atoms with Crippen molar-refractivity contribution in [2.24, 2.45) is 4.99 Å². The van der Waals surface area contributed by atoms with E-state index in [1.54, 1.807) is 42.0 Å². The zero-order valence-corrected chi connectivity index (χ0v) is 22.9. The van der Waals surface area contributed by atoms with Gasteiger partial charge in [0.25, 0.3) is 11.6 Å². The van der Waals surface area contributed by atoms with E-state index in [0.29, 0.717) is 41.0 Å². The first-order valence-electron chi connectivity index (χ1n) is 13.1. The number of amides is 1. The number of non-ortho nitro benzene ring substituents is 1. The van der Waals surface area contributed by atoms with Gasteiger partial charge in [0.2, 0.25) is 0 Å². The number of fused-ring (bicyclic) bond motifs is 1. The Balaban J connectivity index is 1.33. The van der Waals surface area contributed by atoms with Crippen LogP contribution in [0.2, 0.25) is 0 Å². The molecule has 9 nitrogen and oxygen atoms in total. The first-order valence-corrected chi connectivity index (χ1v) is 14.0. The van der Waals surface area contributed by atoms with Gasteiger partial charge in [-0.2, -0.15) is 0 Å². The molecule has 0 radical (unpaired) electrons. The van der Waals surface area contributed by atoms with Crippen molar-refractivity contribution in [2.75, 3.05) is 6.61 Å². The van der Waals surface area contributed by atoms with E-state index in [2.05, 4.69) is 5.32 Å². The molecule has 0 unspecified atom stereocenters. The minimum absolute atomic E-state index is 0.0344. The van der Waals surface area contributed by atoms with Crippen LogP contribution < -0.4 is 14.8 Å². The first-order chi connectivity index (χ1) is 19.5. The highest BCUT2D eigenvalue weighted by Crippen LogP contribution is 2.40. The molecule has 1 N–H and O–H groups in total. The molecule has 0 saturated heterocycles. The Bertz CT molecular complexity index is 1510. The lowest BCUT2D eigenvalue weighted by Crippen LogP contribution is -2.23. The molecule has 1 amide bonds. The largest absolute Gasteiger partial charge is 0.490 e. The Labute approximate surface area is 235 Å². The Morgan fingerprint density at radius 2 is 1.95 bits per heavy atom. The second kappa shape index (κ2) is 12.6. The number of thiophene rings is 1. The van der Waals surface area contributed by atoms with E-state index >= 15 is 0 Å². The maximum absolute atomic E-state index is 13.2. The van der Waals surface area contributed by atoms with Gasteiger partial charge in [-0.15, -0.1) is 11.3 Å². The summed E-state index contributed by atoms with van der Waals surface area (Å²) in [5.74, 6) is 1.67. The van der Waals surface area contributed by atoms with Crippen molar-refractivity contribution in [3.63, 3.8) is 0 Å². The van der Waals surface area contributed by atoms with Crippen molar-refractivity contribution in [3.05, 3.63) is 104 Å². The number of benzene rings is 2. The number of nitro benzene ring substituents is 1. The van der Waals surface area contributed by atoms with Crippen LogP contribution in [0, 0.1) is 10.1 Å². The van der Waals surface area contributed by atoms with Gasteiger partial charge in [-0.3, -0.25) is 14.9 Å². The van der Waals surface area contributed by atoms with Crippen molar-refractivity contribution >= 4 is 34.1 Å². The summed E-state index contributed by atoms with van der Waals surface area (Å²) in [6.07, 6.45) is 7.34. The van der Waals surface area contributed by atoms with Crippen LogP contribution in [-0.4, -0.2) is 23.7 Å².